The summed E-state index contributed by atoms with van der Waals surface area (Å²) in [7, 11) is -2.86. The van der Waals surface area contributed by atoms with Crippen molar-refractivity contribution in [1.82, 2.24) is 0 Å². The summed E-state index contributed by atoms with van der Waals surface area (Å²) in [6, 6.07) is 13.8. The molecule has 1 nitrogen and oxygen atoms in total. The zero-order valence-electron chi connectivity index (χ0n) is 23.1. The predicted molar refractivity (Wildman–Crippen MR) is 107 cm³/mol. The molecule has 0 aliphatic carbocycles. The predicted octanol–water partition coefficient (Wildman–Crippen LogP) is 3.49. The molecule has 3 heterocycles. The van der Waals surface area contributed by atoms with Gasteiger partial charge in [-0.1, -0.05) is 56.6 Å². The molecule has 2 aromatic carbocycles. The molecule has 0 amide bonds. The minimum absolute atomic E-state index is 0.0738. The normalized spacial score (nSPS) is 28.3. The summed E-state index contributed by atoms with van der Waals surface area (Å²) in [5, 5.41) is -1.81. The van der Waals surface area contributed by atoms with E-state index >= 15 is 0 Å². The second-order valence-corrected chi connectivity index (χ2v) is 10.4. The van der Waals surface area contributed by atoms with Crippen LogP contribution in [0.15, 0.2) is 54.7 Å². The molecule has 3 aromatic rings. The first-order valence-electron chi connectivity index (χ1n) is 12.9. The highest BCUT2D eigenvalue weighted by Gasteiger charge is 2.58. The molecule has 0 fully saturated rings. The van der Waals surface area contributed by atoms with Gasteiger partial charge in [0.15, 0.2) is 6.20 Å². The molecule has 0 radical (unpaired) electrons. The van der Waals surface area contributed by atoms with Gasteiger partial charge in [-0.2, -0.15) is 0 Å². The third kappa shape index (κ3) is 1.53. The molecular formula is C23H24NSi+. The summed E-state index contributed by atoms with van der Waals surface area (Å²) in [5.41, 5.74) is 3.23. The maximum atomic E-state index is 8.94. The highest BCUT2D eigenvalue weighted by atomic mass is 28.3. The molecule has 1 atom stereocenters. The number of pyridine rings is 1. The minimum Gasteiger partial charge on any atom is -0.201 e. The van der Waals surface area contributed by atoms with Crippen LogP contribution in [0.5, 0.6) is 0 Å². The maximum Gasteiger partial charge on any atom is 0.215 e. The lowest BCUT2D eigenvalue weighted by Gasteiger charge is -2.45. The van der Waals surface area contributed by atoms with Crippen molar-refractivity contribution >= 4 is 18.4 Å². The smallest absolute Gasteiger partial charge is 0.201 e. The molecule has 2 aliphatic rings. The van der Waals surface area contributed by atoms with Crippen molar-refractivity contribution in [3.63, 3.8) is 0 Å². The SMILES string of the molecule is [2H]C([2H])([2H])C1(C([2H])([2H])[2H])c2ccc[n+](C)c2-c2c(C)ccc3c2[Si]1(C([2H])([2H])[2H])c1ccccc1-3. The molecule has 0 saturated heterocycles. The molecule has 2 heteroatoms. The van der Waals surface area contributed by atoms with Crippen LogP contribution in [0, 0.1) is 6.92 Å². The Balaban J connectivity index is 2.23. The number of fused-ring (bicyclic) bond motifs is 5. The molecule has 25 heavy (non-hydrogen) atoms. The maximum absolute atomic E-state index is 8.94. The van der Waals surface area contributed by atoms with Gasteiger partial charge >= 0.3 is 0 Å². The van der Waals surface area contributed by atoms with E-state index < -0.39 is 33.3 Å². The van der Waals surface area contributed by atoms with E-state index in [1.165, 1.54) is 6.07 Å². The van der Waals surface area contributed by atoms with Gasteiger partial charge in [0.1, 0.15) is 15.1 Å². The van der Waals surface area contributed by atoms with E-state index in [1.807, 2.05) is 19.1 Å². The van der Waals surface area contributed by atoms with E-state index in [4.69, 9.17) is 12.3 Å². The highest BCUT2D eigenvalue weighted by Crippen LogP contribution is 2.48. The number of nitrogens with zero attached hydrogens (tertiary/aromatic N) is 1. The Bertz CT molecular complexity index is 1340. The average Bonchev–Trinajstić information content (AvgIpc) is 3.00. The van der Waals surface area contributed by atoms with Crippen molar-refractivity contribution in [3.8, 4) is 22.4 Å². The first kappa shape index (κ1) is 8.46. The van der Waals surface area contributed by atoms with Crippen molar-refractivity contribution in [2.45, 2.75) is 32.1 Å². The second-order valence-electron chi connectivity index (χ2n) is 7.11. The van der Waals surface area contributed by atoms with Crippen molar-refractivity contribution < 1.29 is 16.9 Å². The molecule has 0 bridgehead atoms. The Labute approximate surface area is 163 Å². The molecule has 0 saturated carbocycles. The van der Waals surface area contributed by atoms with Crippen LogP contribution in [0.4, 0.5) is 0 Å². The van der Waals surface area contributed by atoms with Crippen LogP contribution in [-0.4, -0.2) is 8.07 Å². The van der Waals surface area contributed by atoms with Gasteiger partial charge in [-0.3, -0.25) is 0 Å². The number of aromatic nitrogens is 1. The molecule has 0 N–H and O–H groups in total. The summed E-state index contributed by atoms with van der Waals surface area (Å²) >= 11 is 0. The van der Waals surface area contributed by atoms with Crippen LogP contribution in [0.3, 0.4) is 0 Å². The number of rotatable bonds is 0. The number of hydrogen-bond acceptors (Lipinski definition) is 0. The van der Waals surface area contributed by atoms with Crippen LogP contribution >= 0.6 is 0 Å². The summed E-state index contributed by atoms with van der Waals surface area (Å²) in [4.78, 5) is 0. The first-order valence-corrected chi connectivity index (χ1v) is 10.4. The fourth-order valence-corrected chi connectivity index (χ4v) is 8.56. The third-order valence-corrected chi connectivity index (χ3v) is 9.70. The Morgan fingerprint density at radius 1 is 1.00 bits per heavy atom. The zero-order chi connectivity index (χ0) is 25.1. The van der Waals surface area contributed by atoms with E-state index in [2.05, 4.69) is 0 Å². The average molecular weight is 352 g/mol. The molecule has 5 rings (SSSR count). The van der Waals surface area contributed by atoms with Crippen LogP contribution in [0.2, 0.25) is 6.48 Å². The monoisotopic (exact) mass is 351 g/mol. The lowest BCUT2D eigenvalue weighted by atomic mass is 9.90. The Morgan fingerprint density at radius 2 is 1.84 bits per heavy atom. The topological polar surface area (TPSA) is 3.88 Å². The van der Waals surface area contributed by atoms with Crippen molar-refractivity contribution in [3.05, 3.63) is 65.9 Å². The summed E-state index contributed by atoms with van der Waals surface area (Å²) < 4.78 is 81.2. The van der Waals surface area contributed by atoms with Crippen LogP contribution in [-0.2, 0) is 12.1 Å². The molecule has 1 unspecified atom stereocenters. The summed E-state index contributed by atoms with van der Waals surface area (Å²) in [6.07, 6.45) is 1.74. The summed E-state index contributed by atoms with van der Waals surface area (Å²) in [5.74, 6) is 0. The third-order valence-electron chi connectivity index (χ3n) is 5.79. The van der Waals surface area contributed by atoms with Crippen LogP contribution in [0.25, 0.3) is 22.4 Å². The van der Waals surface area contributed by atoms with Crippen LogP contribution < -0.4 is 14.9 Å². The van der Waals surface area contributed by atoms with Gasteiger partial charge < -0.3 is 0 Å². The molecule has 1 aromatic heterocycles. The van der Waals surface area contributed by atoms with Crippen molar-refractivity contribution in [2.24, 2.45) is 7.05 Å². The zero-order valence-corrected chi connectivity index (χ0v) is 15.1. The van der Waals surface area contributed by atoms with Gasteiger partial charge in [0.05, 0.1) is 0 Å². The van der Waals surface area contributed by atoms with E-state index in [0.29, 0.717) is 32.8 Å². The Kier molecular flexibility index (Phi) is 1.52. The Morgan fingerprint density at radius 3 is 2.64 bits per heavy atom. The highest BCUT2D eigenvalue weighted by molar-refractivity contribution is 7.07. The number of aryl methyl sites for hydroxylation is 2. The molecule has 0 spiro atoms. The van der Waals surface area contributed by atoms with Gasteiger partial charge in [0.25, 0.3) is 0 Å². The summed E-state index contributed by atoms with van der Waals surface area (Å²) in [6.45, 7) is -7.24. The van der Waals surface area contributed by atoms with E-state index in [1.54, 1.807) is 48.1 Å². The second kappa shape index (κ2) is 4.50. The number of benzene rings is 2. The standard InChI is InChI=1S/C23H24NSi/c1-15-12-13-17-16-9-6-7-11-19(16)25(5)22(17)20(15)21-18(23(25,2)3)10-8-14-24(21)4/h6-14H,1-5H3/q+1/i2D3,3D3,5D3. The van der Waals surface area contributed by atoms with E-state index in [0.717, 1.165) is 5.56 Å². The van der Waals surface area contributed by atoms with Gasteiger partial charge in [-0.25, -0.2) is 4.57 Å². The quantitative estimate of drug-likeness (QED) is 0.431. The van der Waals surface area contributed by atoms with Gasteiger partial charge in [-0.05, 0) is 45.1 Å². The van der Waals surface area contributed by atoms with Crippen molar-refractivity contribution in [1.29, 1.82) is 0 Å². The lowest BCUT2D eigenvalue weighted by molar-refractivity contribution is -0.660. The van der Waals surface area contributed by atoms with Crippen LogP contribution in [0.1, 0.15) is 37.2 Å². The fourth-order valence-electron chi connectivity index (χ4n) is 4.62. The number of hydrogen-bond donors (Lipinski definition) is 0. The van der Waals surface area contributed by atoms with Gasteiger partial charge in [0, 0.05) is 29.5 Å². The van der Waals surface area contributed by atoms with E-state index in [-0.39, 0.29) is 5.56 Å². The minimum atomic E-state index is -4.60. The van der Waals surface area contributed by atoms with Gasteiger partial charge in [-0.15, -0.1) is 0 Å². The molecule has 124 valence electrons. The molecular weight excluding hydrogens is 318 g/mol. The first-order chi connectivity index (χ1) is 15.6. The fraction of sp³-hybridized carbons (Fsp3) is 0.261. The Hall–Kier alpha value is -2.19. The van der Waals surface area contributed by atoms with E-state index in [9.17, 15) is 0 Å². The van der Waals surface area contributed by atoms with Gasteiger partial charge in [0.2, 0.25) is 5.69 Å². The lowest BCUT2D eigenvalue weighted by Crippen LogP contribution is -2.68. The molecule has 2 aliphatic heterocycles. The largest absolute Gasteiger partial charge is 0.215 e. The van der Waals surface area contributed by atoms with Crippen molar-refractivity contribution in [2.75, 3.05) is 0 Å².